The quantitative estimate of drug-likeness (QED) is 0.905. The van der Waals surface area contributed by atoms with Gasteiger partial charge in [0.05, 0.1) is 23.3 Å². The van der Waals surface area contributed by atoms with Crippen molar-refractivity contribution in [2.24, 2.45) is 0 Å². The van der Waals surface area contributed by atoms with Gasteiger partial charge in [0.25, 0.3) is 0 Å². The smallest absolute Gasteiger partial charge is 0.379 e. The van der Waals surface area contributed by atoms with Gasteiger partial charge in [0.15, 0.2) is 12.4 Å². The molecular formula is C11H9Cl2F3O3. The Morgan fingerprint density at radius 1 is 1.21 bits per heavy atom. The van der Waals surface area contributed by atoms with E-state index in [0.29, 0.717) is 13.2 Å². The van der Waals surface area contributed by atoms with Crippen molar-refractivity contribution in [3.63, 3.8) is 0 Å². The highest BCUT2D eigenvalue weighted by Gasteiger charge is 2.40. The van der Waals surface area contributed by atoms with Gasteiger partial charge in [-0.05, 0) is 17.7 Å². The number of ether oxygens (including phenoxy) is 2. The van der Waals surface area contributed by atoms with Crippen LogP contribution in [0.2, 0.25) is 10.0 Å². The lowest BCUT2D eigenvalue weighted by Gasteiger charge is -2.19. The Labute approximate surface area is 116 Å². The predicted molar refractivity (Wildman–Crippen MR) is 62.1 cm³/mol. The van der Waals surface area contributed by atoms with E-state index in [-0.39, 0.29) is 15.6 Å². The second-order valence-electron chi connectivity index (χ2n) is 3.92. The molecule has 0 amide bonds. The van der Waals surface area contributed by atoms with Gasteiger partial charge >= 0.3 is 6.18 Å². The third kappa shape index (κ3) is 3.14. The lowest BCUT2D eigenvalue weighted by atomic mass is 10.1. The molecule has 19 heavy (non-hydrogen) atoms. The molecule has 0 bridgehead atoms. The number of rotatable bonds is 2. The van der Waals surface area contributed by atoms with Gasteiger partial charge in [-0.25, -0.2) is 0 Å². The highest BCUT2D eigenvalue weighted by molar-refractivity contribution is 6.42. The van der Waals surface area contributed by atoms with Gasteiger partial charge in [0.1, 0.15) is 0 Å². The minimum absolute atomic E-state index is 0.0479. The summed E-state index contributed by atoms with van der Waals surface area (Å²) >= 11 is 11.7. The van der Waals surface area contributed by atoms with Crippen LogP contribution < -0.4 is 0 Å². The molecule has 3 nitrogen and oxygen atoms in total. The number of aliphatic hydroxyl groups is 1. The molecule has 0 aliphatic carbocycles. The monoisotopic (exact) mass is 316 g/mol. The molecule has 0 spiro atoms. The summed E-state index contributed by atoms with van der Waals surface area (Å²) in [5.41, 5.74) is -0.235. The van der Waals surface area contributed by atoms with Crippen molar-refractivity contribution in [1.82, 2.24) is 0 Å². The molecule has 1 aliphatic rings. The summed E-state index contributed by atoms with van der Waals surface area (Å²) in [6, 6.07) is 2.06. The summed E-state index contributed by atoms with van der Waals surface area (Å²) in [5, 5.41) is 9.18. The summed E-state index contributed by atoms with van der Waals surface area (Å²) in [6.45, 7) is 0.620. The van der Waals surface area contributed by atoms with Crippen LogP contribution in [0.3, 0.4) is 0 Å². The number of aliphatic hydroxyl groups excluding tert-OH is 1. The predicted octanol–water partition coefficient (Wildman–Crippen LogP) is 3.63. The second-order valence-corrected chi connectivity index (χ2v) is 4.71. The molecule has 106 valence electrons. The third-order valence-corrected chi connectivity index (χ3v) is 3.40. The molecule has 2 rings (SSSR count). The molecule has 1 atom stereocenters. The molecule has 8 heteroatoms. The van der Waals surface area contributed by atoms with Crippen molar-refractivity contribution in [2.75, 3.05) is 13.2 Å². The first-order valence-corrected chi connectivity index (χ1v) is 6.03. The maximum absolute atomic E-state index is 12.5. The molecule has 0 saturated carbocycles. The number of hydrogen-bond donors (Lipinski definition) is 1. The first kappa shape index (κ1) is 14.9. The van der Waals surface area contributed by atoms with Crippen molar-refractivity contribution >= 4 is 23.2 Å². The van der Waals surface area contributed by atoms with E-state index in [9.17, 15) is 18.3 Å². The van der Waals surface area contributed by atoms with E-state index in [4.69, 9.17) is 32.7 Å². The van der Waals surface area contributed by atoms with Crippen LogP contribution >= 0.6 is 23.2 Å². The summed E-state index contributed by atoms with van der Waals surface area (Å²) in [5.74, 6) is 0. The molecule has 1 aliphatic heterocycles. The van der Waals surface area contributed by atoms with Gasteiger partial charge in [-0.2, -0.15) is 13.2 Å². The van der Waals surface area contributed by atoms with Gasteiger partial charge in [-0.1, -0.05) is 23.2 Å². The van der Waals surface area contributed by atoms with Crippen LogP contribution in [-0.2, 0) is 9.47 Å². The Morgan fingerprint density at radius 3 is 2.32 bits per heavy atom. The second kappa shape index (κ2) is 5.46. The Bertz CT molecular complexity index is 473. The highest BCUT2D eigenvalue weighted by Crippen LogP contribution is 2.40. The fraction of sp³-hybridized carbons (Fsp3) is 0.455. The molecule has 1 N–H and O–H groups in total. The summed E-state index contributed by atoms with van der Waals surface area (Å²) in [6.07, 6.45) is -8.29. The van der Waals surface area contributed by atoms with Crippen LogP contribution in [0.15, 0.2) is 12.1 Å². The molecule has 1 heterocycles. The fourth-order valence-electron chi connectivity index (χ4n) is 1.69. The minimum Gasteiger partial charge on any atom is -0.379 e. The zero-order chi connectivity index (χ0) is 14.2. The lowest BCUT2D eigenvalue weighted by molar-refractivity contribution is -0.206. The molecule has 0 aromatic heterocycles. The number of hydrogen-bond acceptors (Lipinski definition) is 3. The zero-order valence-electron chi connectivity index (χ0n) is 9.38. The van der Waals surface area contributed by atoms with Crippen LogP contribution in [0.1, 0.15) is 23.5 Å². The van der Waals surface area contributed by atoms with E-state index in [0.717, 1.165) is 12.1 Å². The molecule has 0 radical (unpaired) electrons. The van der Waals surface area contributed by atoms with E-state index in [1.54, 1.807) is 0 Å². The topological polar surface area (TPSA) is 38.7 Å². The van der Waals surface area contributed by atoms with E-state index in [2.05, 4.69) is 0 Å². The third-order valence-electron chi connectivity index (χ3n) is 2.58. The van der Waals surface area contributed by atoms with E-state index in [1.807, 2.05) is 0 Å². The van der Waals surface area contributed by atoms with E-state index in [1.165, 1.54) is 0 Å². The molecule has 1 aromatic carbocycles. The van der Waals surface area contributed by atoms with Crippen LogP contribution in [0.4, 0.5) is 13.2 Å². The van der Waals surface area contributed by atoms with Gasteiger partial charge in [-0.15, -0.1) is 0 Å². The molecule has 1 unspecified atom stereocenters. The van der Waals surface area contributed by atoms with Crippen molar-refractivity contribution < 1.29 is 27.8 Å². The lowest BCUT2D eigenvalue weighted by Crippen LogP contribution is -2.20. The van der Waals surface area contributed by atoms with Crippen LogP contribution in [0.5, 0.6) is 0 Å². The van der Waals surface area contributed by atoms with E-state index >= 15 is 0 Å². The molecule has 1 saturated heterocycles. The molecule has 1 aromatic rings. The summed E-state index contributed by atoms with van der Waals surface area (Å²) in [4.78, 5) is 0. The van der Waals surface area contributed by atoms with Crippen LogP contribution in [-0.4, -0.2) is 24.5 Å². The average Bonchev–Trinajstić information content (AvgIpc) is 2.83. The number of halogens is 5. The van der Waals surface area contributed by atoms with E-state index < -0.39 is 24.1 Å². The average molecular weight is 317 g/mol. The Morgan fingerprint density at radius 2 is 1.79 bits per heavy atom. The van der Waals surface area contributed by atoms with Crippen molar-refractivity contribution in [3.8, 4) is 0 Å². The Balaban J connectivity index is 2.41. The molecular weight excluding hydrogens is 308 g/mol. The van der Waals surface area contributed by atoms with Crippen LogP contribution in [0, 0.1) is 0 Å². The SMILES string of the molecule is OC(c1cc(Cl)c(Cl)c(C2OCCO2)c1)C(F)(F)F. The maximum atomic E-state index is 12.5. The van der Waals surface area contributed by atoms with Crippen LogP contribution in [0.25, 0.3) is 0 Å². The first-order chi connectivity index (χ1) is 8.80. The first-order valence-electron chi connectivity index (χ1n) is 5.27. The highest BCUT2D eigenvalue weighted by atomic mass is 35.5. The van der Waals surface area contributed by atoms with Gasteiger partial charge < -0.3 is 14.6 Å². The summed E-state index contributed by atoms with van der Waals surface area (Å²) in [7, 11) is 0. The van der Waals surface area contributed by atoms with Crippen molar-refractivity contribution in [1.29, 1.82) is 0 Å². The standard InChI is InChI=1S/C11H9Cl2F3O3/c12-7-4-5(9(17)11(14,15)16)3-6(8(7)13)10-18-1-2-19-10/h3-4,9-10,17H,1-2H2. The minimum atomic E-state index is -4.79. The number of alkyl halides is 3. The normalized spacial score (nSPS) is 18.8. The van der Waals surface area contributed by atoms with Crippen molar-refractivity contribution in [3.05, 3.63) is 33.3 Å². The number of benzene rings is 1. The Kier molecular flexibility index (Phi) is 4.27. The maximum Gasteiger partial charge on any atom is 0.418 e. The largest absolute Gasteiger partial charge is 0.418 e. The molecule has 1 fully saturated rings. The van der Waals surface area contributed by atoms with Crippen molar-refractivity contribution in [2.45, 2.75) is 18.6 Å². The summed E-state index contributed by atoms with van der Waals surface area (Å²) < 4.78 is 47.8. The van der Waals surface area contributed by atoms with Gasteiger partial charge in [0, 0.05) is 5.56 Å². The Hall–Kier alpha value is -0.530. The van der Waals surface area contributed by atoms with Gasteiger partial charge in [0.2, 0.25) is 0 Å². The fourth-order valence-corrected chi connectivity index (χ4v) is 2.12. The van der Waals surface area contributed by atoms with Gasteiger partial charge in [-0.3, -0.25) is 0 Å². The zero-order valence-corrected chi connectivity index (χ0v) is 10.9.